The monoisotopic (exact) mass is 272 g/mol. The van der Waals surface area contributed by atoms with Gasteiger partial charge in [0.2, 0.25) is 0 Å². The molecule has 2 nitrogen and oxygen atoms in total. The van der Waals surface area contributed by atoms with Crippen molar-refractivity contribution in [3.63, 3.8) is 0 Å². The maximum atomic E-state index is 5.96. The molecule has 1 aromatic rings. The Kier molecular flexibility index (Phi) is 4.29. The first-order valence-electron chi connectivity index (χ1n) is 6.14. The Morgan fingerprint density at radius 3 is 2.41 bits per heavy atom. The van der Waals surface area contributed by atoms with Crippen molar-refractivity contribution in [2.75, 3.05) is 13.1 Å². The average Bonchev–Trinajstić information content (AvgIpc) is 2.33. The summed E-state index contributed by atoms with van der Waals surface area (Å²) < 4.78 is 0. The van der Waals surface area contributed by atoms with Crippen LogP contribution in [0.4, 0.5) is 0 Å². The van der Waals surface area contributed by atoms with Crippen molar-refractivity contribution in [2.24, 2.45) is 0 Å². The van der Waals surface area contributed by atoms with Crippen LogP contribution in [0.2, 0.25) is 10.2 Å². The molecule has 0 spiro atoms. The molecule has 0 aliphatic carbocycles. The van der Waals surface area contributed by atoms with Gasteiger partial charge in [-0.2, -0.15) is 0 Å². The zero-order valence-corrected chi connectivity index (χ0v) is 11.8. The molecule has 1 aromatic heterocycles. The Labute approximate surface area is 113 Å². The van der Waals surface area contributed by atoms with Crippen molar-refractivity contribution >= 4 is 23.2 Å². The van der Waals surface area contributed by atoms with E-state index >= 15 is 0 Å². The summed E-state index contributed by atoms with van der Waals surface area (Å²) in [6.45, 7) is 6.78. The lowest BCUT2D eigenvalue weighted by atomic mass is 9.92. The molecule has 4 heteroatoms. The number of halogens is 2. The van der Waals surface area contributed by atoms with Gasteiger partial charge in [0, 0.05) is 17.7 Å². The van der Waals surface area contributed by atoms with Gasteiger partial charge in [0.1, 0.15) is 5.15 Å². The van der Waals surface area contributed by atoms with E-state index in [-0.39, 0.29) is 0 Å². The summed E-state index contributed by atoms with van der Waals surface area (Å²) in [6.07, 6.45) is 2.31. The lowest BCUT2D eigenvalue weighted by Gasteiger charge is -2.34. The quantitative estimate of drug-likeness (QED) is 0.758. The molecule has 94 valence electrons. The minimum absolute atomic E-state index is 0.426. The van der Waals surface area contributed by atoms with E-state index in [0.717, 1.165) is 31.6 Å². The Morgan fingerprint density at radius 2 is 1.88 bits per heavy atom. The van der Waals surface area contributed by atoms with Crippen LogP contribution in [0.15, 0.2) is 12.1 Å². The fourth-order valence-corrected chi connectivity index (χ4v) is 2.64. The summed E-state index contributed by atoms with van der Waals surface area (Å²) in [4.78, 5) is 6.89. The summed E-state index contributed by atoms with van der Waals surface area (Å²) in [5, 5.41) is 0.963. The zero-order valence-electron chi connectivity index (χ0n) is 10.3. The molecule has 1 saturated heterocycles. The molecular formula is C13H18Cl2N2. The van der Waals surface area contributed by atoms with E-state index in [0.29, 0.717) is 22.1 Å². The molecule has 0 amide bonds. The predicted molar refractivity (Wildman–Crippen MR) is 72.9 cm³/mol. The van der Waals surface area contributed by atoms with Crippen molar-refractivity contribution in [2.45, 2.75) is 38.6 Å². The lowest BCUT2D eigenvalue weighted by Crippen LogP contribution is -2.37. The molecule has 0 bridgehead atoms. The van der Waals surface area contributed by atoms with Crippen molar-refractivity contribution in [3.05, 3.63) is 28.0 Å². The highest BCUT2D eigenvalue weighted by atomic mass is 35.5. The van der Waals surface area contributed by atoms with Gasteiger partial charge >= 0.3 is 0 Å². The van der Waals surface area contributed by atoms with E-state index in [1.54, 1.807) is 0 Å². The summed E-state index contributed by atoms with van der Waals surface area (Å²) in [5.74, 6) is 0.528. The highest BCUT2D eigenvalue weighted by molar-refractivity contribution is 6.41. The van der Waals surface area contributed by atoms with Crippen LogP contribution in [0.25, 0.3) is 0 Å². The van der Waals surface area contributed by atoms with E-state index < -0.39 is 0 Å². The molecule has 17 heavy (non-hydrogen) atoms. The van der Waals surface area contributed by atoms with Crippen LogP contribution in [0.5, 0.6) is 0 Å². The summed E-state index contributed by atoms with van der Waals surface area (Å²) in [6, 6.07) is 4.49. The number of rotatable bonds is 2. The second kappa shape index (κ2) is 5.55. The molecule has 0 unspecified atom stereocenters. The number of nitrogens with zero attached hydrogens (tertiary/aromatic N) is 2. The maximum absolute atomic E-state index is 5.96. The van der Waals surface area contributed by atoms with Gasteiger partial charge in [0.05, 0.1) is 5.02 Å². The van der Waals surface area contributed by atoms with Gasteiger partial charge in [0.15, 0.2) is 0 Å². The van der Waals surface area contributed by atoms with Gasteiger partial charge in [-0.1, -0.05) is 23.2 Å². The second-order valence-electron chi connectivity index (χ2n) is 4.91. The molecule has 2 rings (SSSR count). The first-order chi connectivity index (χ1) is 8.08. The van der Waals surface area contributed by atoms with Crippen molar-refractivity contribution in [1.82, 2.24) is 9.88 Å². The number of aromatic nitrogens is 1. The number of piperidine rings is 1. The molecule has 2 heterocycles. The van der Waals surface area contributed by atoms with E-state index in [4.69, 9.17) is 23.2 Å². The topological polar surface area (TPSA) is 16.1 Å². The van der Waals surface area contributed by atoms with Crippen LogP contribution in [-0.2, 0) is 0 Å². The smallest absolute Gasteiger partial charge is 0.147 e. The number of hydrogen-bond donors (Lipinski definition) is 0. The lowest BCUT2D eigenvalue weighted by molar-refractivity contribution is 0.171. The van der Waals surface area contributed by atoms with E-state index in [9.17, 15) is 0 Å². The third-order valence-corrected chi connectivity index (χ3v) is 4.19. The minimum atomic E-state index is 0.426. The zero-order chi connectivity index (χ0) is 12.4. The molecule has 0 atom stereocenters. The predicted octanol–water partition coefficient (Wildman–Crippen LogP) is 3.98. The maximum Gasteiger partial charge on any atom is 0.147 e. The van der Waals surface area contributed by atoms with Crippen molar-refractivity contribution in [3.8, 4) is 0 Å². The van der Waals surface area contributed by atoms with Gasteiger partial charge < -0.3 is 4.90 Å². The van der Waals surface area contributed by atoms with Crippen LogP contribution in [0.1, 0.15) is 38.3 Å². The van der Waals surface area contributed by atoms with Crippen LogP contribution in [0, 0.1) is 0 Å². The molecular weight excluding hydrogens is 255 g/mol. The fourth-order valence-electron chi connectivity index (χ4n) is 2.37. The summed E-state index contributed by atoms with van der Waals surface area (Å²) in [7, 11) is 0. The Bertz CT molecular complexity index is 385. The van der Waals surface area contributed by atoms with Crippen LogP contribution >= 0.6 is 23.2 Å². The normalized spacial score (nSPS) is 18.9. The van der Waals surface area contributed by atoms with E-state index in [1.807, 2.05) is 12.1 Å². The summed E-state index contributed by atoms with van der Waals surface area (Å²) >= 11 is 11.8. The molecule has 0 saturated carbocycles. The third-order valence-electron chi connectivity index (χ3n) is 3.50. The molecule has 1 aliphatic heterocycles. The highest BCUT2D eigenvalue weighted by Gasteiger charge is 2.23. The number of likely N-dealkylation sites (tertiary alicyclic amines) is 1. The largest absolute Gasteiger partial charge is 0.301 e. The second-order valence-corrected chi connectivity index (χ2v) is 5.68. The van der Waals surface area contributed by atoms with Gasteiger partial charge in [0.25, 0.3) is 0 Å². The van der Waals surface area contributed by atoms with Crippen LogP contribution < -0.4 is 0 Å². The highest BCUT2D eigenvalue weighted by Crippen LogP contribution is 2.30. The number of hydrogen-bond acceptors (Lipinski definition) is 2. The standard InChI is InChI=1S/C13H18Cl2N2/c1-9(2)17-7-5-10(6-8-17)12-4-3-11(14)13(15)16-12/h3-4,9-10H,5-8H2,1-2H3. The first-order valence-corrected chi connectivity index (χ1v) is 6.89. The Morgan fingerprint density at radius 1 is 1.24 bits per heavy atom. The van der Waals surface area contributed by atoms with Crippen LogP contribution in [-0.4, -0.2) is 29.0 Å². The van der Waals surface area contributed by atoms with Crippen molar-refractivity contribution < 1.29 is 0 Å². The molecule has 1 aliphatic rings. The van der Waals surface area contributed by atoms with E-state index in [2.05, 4.69) is 23.7 Å². The van der Waals surface area contributed by atoms with Gasteiger partial charge in [-0.05, 0) is 51.9 Å². The van der Waals surface area contributed by atoms with Gasteiger partial charge in [-0.25, -0.2) is 4.98 Å². The van der Waals surface area contributed by atoms with Gasteiger partial charge in [-0.3, -0.25) is 0 Å². The molecule has 0 aromatic carbocycles. The molecule has 0 radical (unpaired) electrons. The van der Waals surface area contributed by atoms with Crippen molar-refractivity contribution in [1.29, 1.82) is 0 Å². The SMILES string of the molecule is CC(C)N1CCC(c2ccc(Cl)c(Cl)n2)CC1. The number of pyridine rings is 1. The first kappa shape index (κ1) is 13.1. The average molecular weight is 273 g/mol. The minimum Gasteiger partial charge on any atom is -0.301 e. The van der Waals surface area contributed by atoms with Crippen LogP contribution in [0.3, 0.4) is 0 Å². The van der Waals surface area contributed by atoms with Gasteiger partial charge in [-0.15, -0.1) is 0 Å². The molecule has 1 fully saturated rings. The fraction of sp³-hybridized carbons (Fsp3) is 0.615. The Balaban J connectivity index is 2.03. The third kappa shape index (κ3) is 3.12. The molecule has 0 N–H and O–H groups in total. The van der Waals surface area contributed by atoms with E-state index in [1.165, 1.54) is 0 Å². The summed E-state index contributed by atoms with van der Waals surface area (Å²) in [5.41, 5.74) is 1.09. The Hall–Kier alpha value is -0.310.